The van der Waals surface area contributed by atoms with Crippen LogP contribution in [0.15, 0.2) is 49.1 Å². The predicted octanol–water partition coefficient (Wildman–Crippen LogP) is 2.55. The second-order valence-electron chi connectivity index (χ2n) is 6.99. The quantitative estimate of drug-likeness (QED) is 0.752. The maximum absolute atomic E-state index is 12.9. The summed E-state index contributed by atoms with van der Waals surface area (Å²) in [5, 5.41) is 17.4. The molecule has 2 aromatic heterocycles. The van der Waals surface area contributed by atoms with Crippen molar-refractivity contribution < 1.29 is 14.7 Å². The summed E-state index contributed by atoms with van der Waals surface area (Å²) in [4.78, 5) is 25.7. The first kappa shape index (κ1) is 18.0. The van der Waals surface area contributed by atoms with E-state index in [1.165, 1.54) is 6.20 Å². The number of carbonyl (C=O) groups excluding carboxylic acids is 1. The molecule has 0 spiro atoms. The van der Waals surface area contributed by atoms with Crippen molar-refractivity contribution in [2.75, 3.05) is 13.1 Å². The van der Waals surface area contributed by atoms with Crippen LogP contribution in [-0.4, -0.2) is 54.5 Å². The van der Waals surface area contributed by atoms with Crippen LogP contribution in [-0.2, 0) is 0 Å². The number of aryl methyl sites for hydroxylation is 1. The molecule has 0 unspecified atom stereocenters. The van der Waals surface area contributed by atoms with Crippen LogP contribution < -0.4 is 0 Å². The Hall–Kier alpha value is -3.42. The molecule has 1 saturated heterocycles. The molecule has 1 amide bonds. The van der Waals surface area contributed by atoms with Gasteiger partial charge in [-0.25, -0.2) is 9.48 Å². The smallest absolute Gasteiger partial charge is 0.338 e. The highest BCUT2D eigenvalue weighted by Gasteiger charge is 2.25. The number of aromatic carboxylic acids is 1. The first-order valence-electron chi connectivity index (χ1n) is 9.20. The van der Waals surface area contributed by atoms with Crippen molar-refractivity contribution in [2.45, 2.75) is 25.8 Å². The Kier molecular flexibility index (Phi) is 4.68. The fraction of sp³-hybridized carbons (Fsp3) is 0.300. The van der Waals surface area contributed by atoms with Gasteiger partial charge in [0.2, 0.25) is 0 Å². The van der Waals surface area contributed by atoms with Crippen LogP contribution in [0, 0.1) is 6.92 Å². The fourth-order valence-corrected chi connectivity index (χ4v) is 3.62. The first-order chi connectivity index (χ1) is 13.5. The SMILES string of the molecule is Cc1cc(C(=O)N2CCC(n3cc(C(=O)O)cn3)CC2)ccc1-n1cccn1. The Morgan fingerprint density at radius 3 is 2.54 bits per heavy atom. The summed E-state index contributed by atoms with van der Waals surface area (Å²) in [6, 6.07) is 7.63. The van der Waals surface area contributed by atoms with Gasteiger partial charge in [0.25, 0.3) is 5.91 Å². The van der Waals surface area contributed by atoms with Gasteiger partial charge in [-0.3, -0.25) is 9.48 Å². The molecule has 0 aliphatic carbocycles. The zero-order valence-corrected chi connectivity index (χ0v) is 15.5. The molecule has 8 heteroatoms. The predicted molar refractivity (Wildman–Crippen MR) is 102 cm³/mol. The molecule has 3 aromatic rings. The minimum Gasteiger partial charge on any atom is -0.478 e. The molecule has 0 radical (unpaired) electrons. The van der Waals surface area contributed by atoms with E-state index >= 15 is 0 Å². The minimum absolute atomic E-state index is 0.0141. The van der Waals surface area contributed by atoms with Gasteiger partial charge in [0.05, 0.1) is 23.5 Å². The lowest BCUT2D eigenvalue weighted by molar-refractivity contribution is 0.0688. The van der Waals surface area contributed by atoms with Crippen LogP contribution in [0.3, 0.4) is 0 Å². The second kappa shape index (κ2) is 7.30. The maximum Gasteiger partial charge on any atom is 0.338 e. The lowest BCUT2D eigenvalue weighted by atomic mass is 10.0. The topological polar surface area (TPSA) is 93.3 Å². The lowest BCUT2D eigenvalue weighted by Gasteiger charge is -2.32. The molecule has 0 atom stereocenters. The number of hydrogen-bond acceptors (Lipinski definition) is 4. The molecule has 0 bridgehead atoms. The molecule has 1 aliphatic rings. The molecule has 1 aromatic carbocycles. The van der Waals surface area contributed by atoms with E-state index in [4.69, 9.17) is 5.11 Å². The fourth-order valence-electron chi connectivity index (χ4n) is 3.62. The molecule has 1 N–H and O–H groups in total. The molecule has 144 valence electrons. The number of aromatic nitrogens is 4. The summed E-state index contributed by atoms with van der Waals surface area (Å²) in [7, 11) is 0. The average molecular weight is 379 g/mol. The lowest BCUT2D eigenvalue weighted by Crippen LogP contribution is -2.39. The van der Waals surface area contributed by atoms with Gasteiger partial charge in [-0.05, 0) is 49.6 Å². The third kappa shape index (κ3) is 3.40. The summed E-state index contributed by atoms with van der Waals surface area (Å²) >= 11 is 0. The Morgan fingerprint density at radius 1 is 1.14 bits per heavy atom. The van der Waals surface area contributed by atoms with Gasteiger partial charge in [0.15, 0.2) is 0 Å². The Balaban J connectivity index is 1.42. The summed E-state index contributed by atoms with van der Waals surface area (Å²) < 4.78 is 3.48. The van der Waals surface area contributed by atoms with Gasteiger partial charge in [0.1, 0.15) is 0 Å². The zero-order valence-electron chi connectivity index (χ0n) is 15.5. The van der Waals surface area contributed by atoms with E-state index in [9.17, 15) is 9.59 Å². The molecule has 3 heterocycles. The van der Waals surface area contributed by atoms with E-state index in [1.807, 2.05) is 42.3 Å². The number of carboxylic acids is 1. The number of nitrogens with zero attached hydrogens (tertiary/aromatic N) is 5. The van der Waals surface area contributed by atoms with E-state index in [0.29, 0.717) is 18.7 Å². The maximum atomic E-state index is 12.9. The van der Waals surface area contributed by atoms with Crippen LogP contribution in [0.25, 0.3) is 5.69 Å². The highest BCUT2D eigenvalue weighted by atomic mass is 16.4. The van der Waals surface area contributed by atoms with Crippen LogP contribution in [0.5, 0.6) is 0 Å². The van der Waals surface area contributed by atoms with Gasteiger partial charge in [-0.2, -0.15) is 10.2 Å². The van der Waals surface area contributed by atoms with E-state index < -0.39 is 5.97 Å². The number of likely N-dealkylation sites (tertiary alicyclic amines) is 1. The Labute approximate surface area is 162 Å². The number of piperidine rings is 1. The number of carboxylic acid groups (broad SMARTS) is 1. The van der Waals surface area contributed by atoms with Crippen LogP contribution in [0.4, 0.5) is 0 Å². The van der Waals surface area contributed by atoms with E-state index in [0.717, 1.165) is 24.1 Å². The van der Waals surface area contributed by atoms with Gasteiger partial charge < -0.3 is 10.0 Å². The normalized spacial score (nSPS) is 15.0. The standard InChI is InChI=1S/C20H21N5O3/c1-14-11-15(3-4-18(14)24-8-2-7-21-24)19(26)23-9-5-17(6-10-23)25-13-16(12-22-25)20(27)28/h2-4,7-8,11-13,17H,5-6,9-10H2,1H3,(H,27,28). The number of amides is 1. The van der Waals surface area contributed by atoms with E-state index in [1.54, 1.807) is 21.8 Å². The number of benzene rings is 1. The van der Waals surface area contributed by atoms with Crippen molar-refractivity contribution in [3.8, 4) is 5.69 Å². The van der Waals surface area contributed by atoms with E-state index in [-0.39, 0.29) is 17.5 Å². The average Bonchev–Trinajstić information content (AvgIpc) is 3.40. The summed E-state index contributed by atoms with van der Waals surface area (Å²) in [5.41, 5.74) is 2.79. The second-order valence-corrected chi connectivity index (χ2v) is 6.99. The van der Waals surface area contributed by atoms with Crippen molar-refractivity contribution in [3.63, 3.8) is 0 Å². The van der Waals surface area contributed by atoms with Crippen molar-refractivity contribution in [2.24, 2.45) is 0 Å². The number of hydrogen-bond donors (Lipinski definition) is 1. The van der Waals surface area contributed by atoms with Crippen LogP contribution in [0.1, 0.15) is 45.2 Å². The van der Waals surface area contributed by atoms with Crippen molar-refractivity contribution in [1.82, 2.24) is 24.5 Å². The van der Waals surface area contributed by atoms with Crippen molar-refractivity contribution in [1.29, 1.82) is 0 Å². The van der Waals surface area contributed by atoms with Gasteiger partial charge in [-0.1, -0.05) is 0 Å². The highest BCUT2D eigenvalue weighted by Crippen LogP contribution is 2.24. The first-order valence-corrected chi connectivity index (χ1v) is 9.20. The largest absolute Gasteiger partial charge is 0.478 e. The van der Waals surface area contributed by atoms with Crippen molar-refractivity contribution >= 4 is 11.9 Å². The third-order valence-corrected chi connectivity index (χ3v) is 5.17. The molecule has 8 nitrogen and oxygen atoms in total. The monoisotopic (exact) mass is 379 g/mol. The third-order valence-electron chi connectivity index (χ3n) is 5.17. The molecule has 4 rings (SSSR count). The zero-order chi connectivity index (χ0) is 19.7. The molecule has 0 saturated carbocycles. The molecule has 1 aliphatic heterocycles. The molecule has 1 fully saturated rings. The van der Waals surface area contributed by atoms with Gasteiger partial charge in [-0.15, -0.1) is 0 Å². The van der Waals surface area contributed by atoms with Gasteiger partial charge in [0, 0.05) is 37.2 Å². The van der Waals surface area contributed by atoms with E-state index in [2.05, 4.69) is 10.2 Å². The summed E-state index contributed by atoms with van der Waals surface area (Å²) in [5.74, 6) is -0.965. The summed E-state index contributed by atoms with van der Waals surface area (Å²) in [6.45, 7) is 3.20. The highest BCUT2D eigenvalue weighted by molar-refractivity contribution is 5.94. The molecular formula is C20H21N5O3. The molecule has 28 heavy (non-hydrogen) atoms. The minimum atomic E-state index is -0.979. The van der Waals surface area contributed by atoms with Crippen LogP contribution in [0.2, 0.25) is 0 Å². The molecular weight excluding hydrogens is 358 g/mol. The Bertz CT molecular complexity index is 1000. The number of rotatable bonds is 4. The summed E-state index contributed by atoms with van der Waals surface area (Å²) in [6.07, 6.45) is 8.01. The van der Waals surface area contributed by atoms with Gasteiger partial charge >= 0.3 is 5.97 Å². The number of carbonyl (C=O) groups is 2. The Morgan fingerprint density at radius 2 is 1.93 bits per heavy atom. The van der Waals surface area contributed by atoms with Crippen molar-refractivity contribution in [3.05, 3.63) is 65.7 Å². The van der Waals surface area contributed by atoms with Crippen LogP contribution >= 0.6 is 0 Å².